The van der Waals surface area contributed by atoms with Crippen LogP contribution in [0, 0.1) is 0 Å². The van der Waals surface area contributed by atoms with Crippen molar-refractivity contribution in [3.63, 3.8) is 0 Å². The third kappa shape index (κ3) is 4.80. The fourth-order valence-corrected chi connectivity index (χ4v) is 4.08. The Bertz CT molecular complexity index is 880. The van der Waals surface area contributed by atoms with Crippen molar-refractivity contribution in [2.75, 3.05) is 0 Å². The lowest BCUT2D eigenvalue weighted by molar-refractivity contribution is -0.129. The molecule has 0 heterocycles. The Morgan fingerprint density at radius 3 is 2.25 bits per heavy atom. The summed E-state index contributed by atoms with van der Waals surface area (Å²) >= 11 is 18.1. The molecule has 0 saturated heterocycles. The number of rotatable bonds is 8. The van der Waals surface area contributed by atoms with Gasteiger partial charge in [0.05, 0.1) is 5.41 Å². The van der Waals surface area contributed by atoms with Crippen molar-refractivity contribution in [1.29, 1.82) is 0 Å². The molecule has 3 N–H and O–H groups in total. The summed E-state index contributed by atoms with van der Waals surface area (Å²) in [6, 6.07) is 12.0. The first-order valence-corrected chi connectivity index (χ1v) is 10.3. The van der Waals surface area contributed by atoms with Gasteiger partial charge in [0.15, 0.2) is 0 Å². The number of benzene rings is 2. The Morgan fingerprint density at radius 2 is 1.68 bits per heavy atom. The van der Waals surface area contributed by atoms with Crippen LogP contribution in [0.4, 0.5) is 0 Å². The number of amides is 2. The molecule has 0 bridgehead atoms. The molecule has 1 aliphatic carbocycles. The highest BCUT2D eigenvalue weighted by Gasteiger charge is 2.52. The van der Waals surface area contributed by atoms with Crippen molar-refractivity contribution in [1.82, 2.24) is 5.32 Å². The Hall–Kier alpha value is -1.75. The quantitative estimate of drug-likeness (QED) is 0.627. The van der Waals surface area contributed by atoms with Gasteiger partial charge in [-0.05, 0) is 67.5 Å². The highest BCUT2D eigenvalue weighted by molar-refractivity contribution is 6.35. The molecular weight excluding hydrogens is 419 g/mol. The average Bonchev–Trinajstić information content (AvgIpc) is 3.44. The monoisotopic (exact) mass is 438 g/mol. The molecule has 1 fully saturated rings. The number of nitrogens with two attached hydrogens (primary N) is 1. The predicted molar refractivity (Wildman–Crippen MR) is 113 cm³/mol. The molecule has 0 unspecified atom stereocenters. The van der Waals surface area contributed by atoms with E-state index in [4.69, 9.17) is 40.5 Å². The first kappa shape index (κ1) is 21.0. The fraction of sp³-hybridized carbons (Fsp3) is 0.333. The molecule has 1 aliphatic rings. The van der Waals surface area contributed by atoms with Gasteiger partial charge in [0, 0.05) is 15.1 Å². The zero-order valence-corrected chi connectivity index (χ0v) is 17.4. The van der Waals surface area contributed by atoms with Crippen LogP contribution in [0.15, 0.2) is 42.5 Å². The van der Waals surface area contributed by atoms with E-state index in [-0.39, 0.29) is 5.91 Å². The van der Waals surface area contributed by atoms with E-state index in [9.17, 15) is 9.59 Å². The number of primary amides is 1. The van der Waals surface area contributed by atoms with Crippen molar-refractivity contribution in [3.05, 3.63) is 68.7 Å². The molecule has 2 aromatic carbocycles. The first-order valence-electron chi connectivity index (χ1n) is 9.12. The predicted octanol–water partition coefficient (Wildman–Crippen LogP) is 4.67. The lowest BCUT2D eigenvalue weighted by atomic mass is 9.94. The summed E-state index contributed by atoms with van der Waals surface area (Å²) in [6.45, 7) is 0. The molecule has 1 saturated carbocycles. The van der Waals surface area contributed by atoms with Gasteiger partial charge >= 0.3 is 0 Å². The van der Waals surface area contributed by atoms with Gasteiger partial charge in [-0.15, -0.1) is 0 Å². The molecule has 0 aromatic heterocycles. The molecular formula is C21H21Cl3N2O2. The maximum atomic E-state index is 12.9. The molecule has 0 spiro atoms. The summed E-state index contributed by atoms with van der Waals surface area (Å²) in [5.74, 6) is -0.755. The van der Waals surface area contributed by atoms with Crippen LogP contribution in [-0.4, -0.2) is 17.9 Å². The van der Waals surface area contributed by atoms with Crippen molar-refractivity contribution < 1.29 is 9.59 Å². The van der Waals surface area contributed by atoms with Crippen molar-refractivity contribution in [2.24, 2.45) is 5.73 Å². The largest absolute Gasteiger partial charge is 0.368 e. The minimum Gasteiger partial charge on any atom is -0.368 e. The second-order valence-electron chi connectivity index (χ2n) is 7.15. The third-order valence-corrected chi connectivity index (χ3v) is 5.95. The number of aryl methyl sites for hydroxylation is 1. The van der Waals surface area contributed by atoms with Crippen LogP contribution in [0.2, 0.25) is 15.1 Å². The number of nitrogens with one attached hydrogen (secondary N) is 1. The Kier molecular flexibility index (Phi) is 6.54. The van der Waals surface area contributed by atoms with E-state index in [1.807, 2.05) is 24.3 Å². The summed E-state index contributed by atoms with van der Waals surface area (Å²) in [5.41, 5.74) is 6.67. The topological polar surface area (TPSA) is 72.2 Å². The number of carbonyl (C=O) groups excluding carboxylic acids is 2. The second-order valence-corrected chi connectivity index (χ2v) is 8.43. The van der Waals surface area contributed by atoms with E-state index in [1.54, 1.807) is 18.2 Å². The molecule has 7 heteroatoms. The number of hydrogen-bond donors (Lipinski definition) is 2. The summed E-state index contributed by atoms with van der Waals surface area (Å²) in [7, 11) is 0. The van der Waals surface area contributed by atoms with Crippen LogP contribution in [0.5, 0.6) is 0 Å². The number of halogens is 3. The third-order valence-electron chi connectivity index (χ3n) is 5.15. The summed E-state index contributed by atoms with van der Waals surface area (Å²) in [5, 5.41) is 4.48. The van der Waals surface area contributed by atoms with E-state index in [1.165, 1.54) is 0 Å². The van der Waals surface area contributed by atoms with Crippen LogP contribution < -0.4 is 11.1 Å². The van der Waals surface area contributed by atoms with Crippen molar-refractivity contribution in [2.45, 2.75) is 43.6 Å². The van der Waals surface area contributed by atoms with Gasteiger partial charge in [-0.3, -0.25) is 9.59 Å². The van der Waals surface area contributed by atoms with Gasteiger partial charge in [0.25, 0.3) is 0 Å². The first-order chi connectivity index (χ1) is 13.3. The SMILES string of the molecule is NC(=O)[C@H](CCCc1ccc(Cl)cc1)NC(=O)C1(c2ccc(Cl)cc2Cl)CC1. The number of carbonyl (C=O) groups is 2. The van der Waals surface area contributed by atoms with Crippen LogP contribution in [0.3, 0.4) is 0 Å². The highest BCUT2D eigenvalue weighted by atomic mass is 35.5. The van der Waals surface area contributed by atoms with Crippen LogP contribution >= 0.6 is 34.8 Å². The van der Waals surface area contributed by atoms with Gasteiger partial charge in [0.1, 0.15) is 6.04 Å². The Balaban J connectivity index is 1.62. The zero-order valence-electron chi connectivity index (χ0n) is 15.2. The van der Waals surface area contributed by atoms with E-state index in [2.05, 4.69) is 5.32 Å². The maximum Gasteiger partial charge on any atom is 0.240 e. The molecule has 148 valence electrons. The van der Waals surface area contributed by atoms with Gasteiger partial charge < -0.3 is 11.1 Å². The Morgan fingerprint density at radius 1 is 1.04 bits per heavy atom. The molecule has 1 atom stereocenters. The minimum absolute atomic E-state index is 0.216. The summed E-state index contributed by atoms with van der Waals surface area (Å²) in [6.07, 6.45) is 3.30. The molecule has 0 aliphatic heterocycles. The van der Waals surface area contributed by atoms with Crippen molar-refractivity contribution in [3.8, 4) is 0 Å². The van der Waals surface area contributed by atoms with Crippen molar-refractivity contribution >= 4 is 46.6 Å². The molecule has 2 aromatic rings. The minimum atomic E-state index is -0.719. The van der Waals surface area contributed by atoms with Crippen LogP contribution in [0.25, 0.3) is 0 Å². The van der Waals surface area contributed by atoms with E-state index in [0.717, 1.165) is 17.5 Å². The Labute approximate surface area is 179 Å². The molecule has 28 heavy (non-hydrogen) atoms. The standard InChI is InChI=1S/C21H21Cl3N2O2/c22-14-6-4-13(5-7-14)2-1-3-18(19(25)27)26-20(28)21(10-11-21)16-9-8-15(23)12-17(16)24/h4-9,12,18H,1-3,10-11H2,(H2,25,27)(H,26,28)/t18-/m0/s1. The zero-order chi connectivity index (χ0) is 20.3. The maximum absolute atomic E-state index is 12.9. The van der Waals surface area contributed by atoms with Gasteiger partial charge in [-0.2, -0.15) is 0 Å². The molecule has 4 nitrogen and oxygen atoms in total. The summed E-state index contributed by atoms with van der Waals surface area (Å²) in [4.78, 5) is 24.8. The molecule has 3 rings (SSSR count). The highest BCUT2D eigenvalue weighted by Crippen LogP contribution is 2.51. The molecule has 0 radical (unpaired) electrons. The van der Waals surface area contributed by atoms with Crippen LogP contribution in [0.1, 0.15) is 36.8 Å². The van der Waals surface area contributed by atoms with Gasteiger partial charge in [-0.1, -0.05) is 53.0 Å². The smallest absolute Gasteiger partial charge is 0.240 e. The normalized spacial score (nSPS) is 15.7. The van der Waals surface area contributed by atoms with Gasteiger partial charge in [0.2, 0.25) is 11.8 Å². The van der Waals surface area contributed by atoms with Crippen LogP contribution in [-0.2, 0) is 21.4 Å². The number of hydrogen-bond acceptors (Lipinski definition) is 2. The fourth-order valence-electron chi connectivity index (χ4n) is 3.36. The van der Waals surface area contributed by atoms with E-state index in [0.29, 0.717) is 40.8 Å². The van der Waals surface area contributed by atoms with E-state index >= 15 is 0 Å². The lowest BCUT2D eigenvalue weighted by Crippen LogP contribution is -2.48. The van der Waals surface area contributed by atoms with E-state index < -0.39 is 17.4 Å². The van der Waals surface area contributed by atoms with Gasteiger partial charge in [-0.25, -0.2) is 0 Å². The average molecular weight is 440 g/mol. The molecule has 2 amide bonds. The lowest BCUT2D eigenvalue weighted by Gasteiger charge is -2.21. The summed E-state index contributed by atoms with van der Waals surface area (Å²) < 4.78 is 0. The second kappa shape index (κ2) is 8.73.